The van der Waals surface area contributed by atoms with Gasteiger partial charge in [0.2, 0.25) is 0 Å². The number of aromatic nitrogens is 1. The average molecular weight is 298 g/mol. The molecule has 19 heavy (non-hydrogen) atoms. The van der Waals surface area contributed by atoms with Crippen LogP contribution in [0.15, 0.2) is 30.5 Å². The minimum Gasteiger partial charge on any atom is -0.356 e. The molecule has 0 bridgehead atoms. The van der Waals surface area contributed by atoms with Gasteiger partial charge in [-0.05, 0) is 24.3 Å². The molecule has 0 aliphatic carbocycles. The Kier molecular flexibility index (Phi) is 3.90. The number of hydrogen-bond donors (Lipinski definition) is 3. The number of carbonyl (C=O) groups excluding carboxylic acids is 2. The summed E-state index contributed by atoms with van der Waals surface area (Å²) in [6.45, 7) is 0. The highest BCUT2D eigenvalue weighted by Gasteiger charge is 2.16. The van der Waals surface area contributed by atoms with Crippen LogP contribution >= 0.6 is 23.2 Å². The zero-order chi connectivity index (χ0) is 14.0. The van der Waals surface area contributed by atoms with Crippen molar-refractivity contribution in [3.8, 4) is 0 Å². The molecule has 1 heterocycles. The van der Waals surface area contributed by atoms with Crippen molar-refractivity contribution in [2.24, 2.45) is 5.84 Å². The molecule has 2 rings (SSSR count). The second kappa shape index (κ2) is 5.44. The quantitative estimate of drug-likeness (QED) is 0.351. The molecule has 0 spiro atoms. The second-order valence-corrected chi connectivity index (χ2v) is 4.57. The van der Waals surface area contributed by atoms with Gasteiger partial charge in [0, 0.05) is 22.3 Å². The van der Waals surface area contributed by atoms with Crippen molar-refractivity contribution in [1.82, 2.24) is 10.4 Å². The number of nitrogen functional groups attached to an aromatic ring is 1. The maximum absolute atomic E-state index is 12.2. The van der Waals surface area contributed by atoms with E-state index in [1.165, 1.54) is 24.4 Å². The summed E-state index contributed by atoms with van der Waals surface area (Å²) in [5.74, 6) is 4.18. The zero-order valence-corrected chi connectivity index (χ0v) is 11.0. The predicted molar refractivity (Wildman–Crippen MR) is 72.3 cm³/mol. The SMILES string of the molecule is NNC(=O)c1cc(C(=O)c2ccc(Cl)cc2Cl)c[nH]1. The summed E-state index contributed by atoms with van der Waals surface area (Å²) in [5, 5.41) is 0.697. The fraction of sp³-hybridized carbons (Fsp3) is 0. The van der Waals surface area contributed by atoms with Gasteiger partial charge in [0.05, 0.1) is 5.02 Å². The van der Waals surface area contributed by atoms with Gasteiger partial charge in [0.25, 0.3) is 5.91 Å². The second-order valence-electron chi connectivity index (χ2n) is 3.73. The molecule has 0 saturated heterocycles. The van der Waals surface area contributed by atoms with E-state index in [0.717, 1.165) is 0 Å². The number of nitrogens with two attached hydrogens (primary N) is 1. The third-order valence-corrected chi connectivity index (χ3v) is 3.04. The number of carbonyl (C=O) groups is 2. The lowest BCUT2D eigenvalue weighted by atomic mass is 10.1. The summed E-state index contributed by atoms with van der Waals surface area (Å²) in [4.78, 5) is 26.1. The van der Waals surface area contributed by atoms with Crippen LogP contribution < -0.4 is 11.3 Å². The standard InChI is InChI=1S/C12H9Cl2N3O2/c13-7-1-2-8(9(14)4-7)11(18)6-3-10(16-5-6)12(19)17-15/h1-5,16H,15H2,(H,17,19). The Morgan fingerprint density at radius 3 is 2.58 bits per heavy atom. The van der Waals surface area contributed by atoms with E-state index in [0.29, 0.717) is 16.1 Å². The molecule has 1 amide bonds. The Morgan fingerprint density at radius 1 is 1.21 bits per heavy atom. The molecule has 0 atom stereocenters. The lowest BCUT2D eigenvalue weighted by molar-refractivity contribution is 0.0949. The van der Waals surface area contributed by atoms with Crippen LogP contribution in [0.5, 0.6) is 0 Å². The van der Waals surface area contributed by atoms with E-state index in [9.17, 15) is 9.59 Å². The topological polar surface area (TPSA) is 88.0 Å². The Bertz CT molecular complexity index is 652. The molecule has 0 unspecified atom stereocenters. The Labute approximate surface area is 118 Å². The van der Waals surface area contributed by atoms with Gasteiger partial charge in [-0.2, -0.15) is 0 Å². The van der Waals surface area contributed by atoms with Crippen LogP contribution in [0, 0.1) is 0 Å². The summed E-state index contributed by atoms with van der Waals surface area (Å²) in [6, 6.07) is 5.98. The molecular formula is C12H9Cl2N3O2. The maximum Gasteiger partial charge on any atom is 0.281 e. The Hall–Kier alpha value is -1.82. The monoisotopic (exact) mass is 297 g/mol. The van der Waals surface area contributed by atoms with Crippen molar-refractivity contribution in [3.05, 3.63) is 57.3 Å². The smallest absolute Gasteiger partial charge is 0.281 e. The Morgan fingerprint density at radius 2 is 1.95 bits per heavy atom. The fourth-order valence-corrected chi connectivity index (χ4v) is 2.06. The van der Waals surface area contributed by atoms with E-state index in [-0.39, 0.29) is 16.5 Å². The number of hydrazine groups is 1. The molecule has 2 aromatic rings. The summed E-state index contributed by atoms with van der Waals surface area (Å²) < 4.78 is 0. The maximum atomic E-state index is 12.2. The lowest BCUT2D eigenvalue weighted by Gasteiger charge is -2.01. The van der Waals surface area contributed by atoms with Gasteiger partial charge < -0.3 is 4.98 Å². The first-order valence-corrected chi connectivity index (χ1v) is 5.97. The van der Waals surface area contributed by atoms with E-state index < -0.39 is 5.91 Å². The molecule has 4 N–H and O–H groups in total. The van der Waals surface area contributed by atoms with E-state index in [1.54, 1.807) is 6.07 Å². The molecule has 0 radical (unpaired) electrons. The van der Waals surface area contributed by atoms with Crippen molar-refractivity contribution in [3.63, 3.8) is 0 Å². The number of amides is 1. The number of hydrogen-bond acceptors (Lipinski definition) is 3. The minimum absolute atomic E-state index is 0.191. The number of rotatable bonds is 3. The van der Waals surface area contributed by atoms with Gasteiger partial charge >= 0.3 is 0 Å². The van der Waals surface area contributed by atoms with E-state index in [2.05, 4.69) is 4.98 Å². The zero-order valence-electron chi connectivity index (χ0n) is 9.54. The third-order valence-electron chi connectivity index (χ3n) is 2.50. The normalized spacial score (nSPS) is 10.3. The number of benzene rings is 1. The van der Waals surface area contributed by atoms with Crippen molar-refractivity contribution in [1.29, 1.82) is 0 Å². The van der Waals surface area contributed by atoms with Crippen molar-refractivity contribution in [2.75, 3.05) is 0 Å². The summed E-state index contributed by atoms with van der Waals surface area (Å²) in [6.07, 6.45) is 1.41. The molecule has 0 fully saturated rings. The van der Waals surface area contributed by atoms with Crippen LogP contribution in [-0.2, 0) is 0 Å². The molecule has 98 valence electrons. The fourth-order valence-electron chi connectivity index (χ4n) is 1.56. The van der Waals surface area contributed by atoms with Gasteiger partial charge in [0.15, 0.2) is 5.78 Å². The number of nitrogens with one attached hydrogen (secondary N) is 2. The molecule has 0 aliphatic heterocycles. The first-order chi connectivity index (χ1) is 9.02. The van der Waals surface area contributed by atoms with Crippen LogP contribution in [-0.4, -0.2) is 16.7 Å². The van der Waals surface area contributed by atoms with Gasteiger partial charge in [-0.15, -0.1) is 0 Å². The van der Waals surface area contributed by atoms with Crippen LogP contribution in [0.1, 0.15) is 26.4 Å². The number of H-pyrrole nitrogens is 1. The lowest BCUT2D eigenvalue weighted by Crippen LogP contribution is -2.30. The van der Waals surface area contributed by atoms with E-state index in [1.807, 2.05) is 5.43 Å². The molecule has 0 aliphatic rings. The van der Waals surface area contributed by atoms with Gasteiger partial charge in [-0.25, -0.2) is 5.84 Å². The van der Waals surface area contributed by atoms with Gasteiger partial charge in [-0.1, -0.05) is 23.2 Å². The molecule has 0 saturated carbocycles. The van der Waals surface area contributed by atoms with Crippen molar-refractivity contribution < 1.29 is 9.59 Å². The first kappa shape index (κ1) is 13.6. The third kappa shape index (κ3) is 2.78. The van der Waals surface area contributed by atoms with Crippen LogP contribution in [0.25, 0.3) is 0 Å². The highest BCUT2D eigenvalue weighted by atomic mass is 35.5. The van der Waals surface area contributed by atoms with Gasteiger partial charge in [0.1, 0.15) is 5.69 Å². The molecular weight excluding hydrogens is 289 g/mol. The predicted octanol–water partition coefficient (Wildman–Crippen LogP) is 2.16. The van der Waals surface area contributed by atoms with Crippen LogP contribution in [0.3, 0.4) is 0 Å². The van der Waals surface area contributed by atoms with Crippen LogP contribution in [0.4, 0.5) is 0 Å². The molecule has 5 nitrogen and oxygen atoms in total. The molecule has 7 heteroatoms. The van der Waals surface area contributed by atoms with Gasteiger partial charge in [-0.3, -0.25) is 15.0 Å². The number of ketones is 1. The molecule has 1 aromatic heterocycles. The van der Waals surface area contributed by atoms with Crippen molar-refractivity contribution in [2.45, 2.75) is 0 Å². The largest absolute Gasteiger partial charge is 0.356 e. The highest BCUT2D eigenvalue weighted by molar-refractivity contribution is 6.37. The highest BCUT2D eigenvalue weighted by Crippen LogP contribution is 2.23. The summed E-state index contributed by atoms with van der Waals surface area (Å²) in [5.41, 5.74) is 2.78. The number of aromatic amines is 1. The first-order valence-electron chi connectivity index (χ1n) is 5.22. The number of halogens is 2. The van der Waals surface area contributed by atoms with E-state index >= 15 is 0 Å². The van der Waals surface area contributed by atoms with E-state index in [4.69, 9.17) is 29.0 Å². The average Bonchev–Trinajstić information content (AvgIpc) is 2.86. The Balaban J connectivity index is 2.34. The summed E-state index contributed by atoms with van der Waals surface area (Å²) >= 11 is 11.7. The van der Waals surface area contributed by atoms with Crippen LogP contribution in [0.2, 0.25) is 10.0 Å². The van der Waals surface area contributed by atoms with Crippen molar-refractivity contribution >= 4 is 34.9 Å². The summed E-state index contributed by atoms with van der Waals surface area (Å²) in [7, 11) is 0. The molecule has 1 aromatic carbocycles. The minimum atomic E-state index is -0.513.